The van der Waals surface area contributed by atoms with Crippen molar-refractivity contribution in [3.05, 3.63) is 0 Å². The number of aliphatic carboxylic acids is 1. The molecule has 1 saturated heterocycles. The molecule has 1 heterocycles. The second-order valence-electron chi connectivity index (χ2n) is 6.12. The monoisotopic (exact) mass is 225 g/mol. The van der Waals surface area contributed by atoms with Crippen molar-refractivity contribution in [2.75, 3.05) is 13.1 Å². The Bertz CT molecular complexity index is 275. The normalized spacial score (nSPS) is 29.9. The van der Waals surface area contributed by atoms with Crippen LogP contribution in [0.5, 0.6) is 0 Å². The quantitative estimate of drug-likeness (QED) is 0.781. The molecule has 1 aliphatic carbocycles. The van der Waals surface area contributed by atoms with Crippen molar-refractivity contribution in [2.24, 2.45) is 11.3 Å². The molecule has 2 fully saturated rings. The van der Waals surface area contributed by atoms with E-state index in [-0.39, 0.29) is 0 Å². The summed E-state index contributed by atoms with van der Waals surface area (Å²) in [6, 6.07) is 0.818. The number of carboxylic acid groups (broad SMARTS) is 1. The summed E-state index contributed by atoms with van der Waals surface area (Å²) in [5.41, 5.74) is -0.557. The van der Waals surface area contributed by atoms with E-state index in [1.165, 1.54) is 25.8 Å². The summed E-state index contributed by atoms with van der Waals surface area (Å²) in [5.74, 6) is 0.271. The minimum absolute atomic E-state index is 0.557. The molecule has 0 radical (unpaired) electrons. The molecule has 2 atom stereocenters. The van der Waals surface area contributed by atoms with Crippen LogP contribution in [0.1, 0.15) is 46.0 Å². The van der Waals surface area contributed by atoms with E-state index in [1.807, 2.05) is 13.8 Å². The van der Waals surface area contributed by atoms with Crippen LogP contribution >= 0.6 is 0 Å². The number of nitrogens with zero attached hydrogens (tertiary/aromatic N) is 1. The Morgan fingerprint density at radius 2 is 2.19 bits per heavy atom. The van der Waals surface area contributed by atoms with Crippen LogP contribution in [-0.2, 0) is 4.79 Å². The van der Waals surface area contributed by atoms with E-state index in [9.17, 15) is 4.79 Å². The molecule has 3 heteroatoms. The zero-order valence-corrected chi connectivity index (χ0v) is 10.4. The van der Waals surface area contributed by atoms with E-state index in [0.717, 1.165) is 31.3 Å². The highest BCUT2D eigenvalue weighted by molar-refractivity contribution is 5.73. The van der Waals surface area contributed by atoms with Crippen LogP contribution in [0.2, 0.25) is 0 Å². The molecule has 2 unspecified atom stereocenters. The molecule has 3 nitrogen and oxygen atoms in total. The minimum Gasteiger partial charge on any atom is -0.481 e. The van der Waals surface area contributed by atoms with Gasteiger partial charge in [0, 0.05) is 12.6 Å². The van der Waals surface area contributed by atoms with Gasteiger partial charge < -0.3 is 10.0 Å². The van der Waals surface area contributed by atoms with Crippen molar-refractivity contribution in [2.45, 2.75) is 52.0 Å². The average molecular weight is 225 g/mol. The van der Waals surface area contributed by atoms with Gasteiger partial charge in [0.05, 0.1) is 5.41 Å². The van der Waals surface area contributed by atoms with Crippen molar-refractivity contribution in [3.63, 3.8) is 0 Å². The molecule has 92 valence electrons. The molecule has 2 bridgehead atoms. The van der Waals surface area contributed by atoms with Crippen LogP contribution in [0.3, 0.4) is 0 Å². The molecular formula is C13H23NO2. The van der Waals surface area contributed by atoms with E-state index in [4.69, 9.17) is 5.11 Å². The molecule has 0 aromatic rings. The molecular weight excluding hydrogens is 202 g/mol. The Morgan fingerprint density at radius 1 is 1.44 bits per heavy atom. The van der Waals surface area contributed by atoms with Crippen LogP contribution in [0.25, 0.3) is 0 Å². The Balaban J connectivity index is 1.71. The van der Waals surface area contributed by atoms with Gasteiger partial charge in [-0.15, -0.1) is 0 Å². The first kappa shape index (κ1) is 11.9. The number of rotatable bonds is 5. The predicted molar refractivity (Wildman–Crippen MR) is 63.4 cm³/mol. The molecule has 0 amide bonds. The van der Waals surface area contributed by atoms with Crippen LogP contribution in [0, 0.1) is 11.3 Å². The van der Waals surface area contributed by atoms with Crippen molar-refractivity contribution in [1.29, 1.82) is 0 Å². The summed E-state index contributed by atoms with van der Waals surface area (Å²) in [7, 11) is 0. The van der Waals surface area contributed by atoms with Gasteiger partial charge in [-0.3, -0.25) is 4.79 Å². The van der Waals surface area contributed by atoms with Gasteiger partial charge in [-0.25, -0.2) is 0 Å². The maximum atomic E-state index is 11.0. The Hall–Kier alpha value is -0.570. The lowest BCUT2D eigenvalue weighted by atomic mass is 9.88. The summed E-state index contributed by atoms with van der Waals surface area (Å²) in [5, 5.41) is 9.02. The van der Waals surface area contributed by atoms with Gasteiger partial charge in [0.25, 0.3) is 0 Å². The first-order chi connectivity index (χ1) is 7.49. The lowest BCUT2D eigenvalue weighted by Crippen LogP contribution is -2.34. The van der Waals surface area contributed by atoms with E-state index in [1.54, 1.807) is 0 Å². The lowest BCUT2D eigenvalue weighted by molar-refractivity contribution is -0.147. The van der Waals surface area contributed by atoms with Gasteiger partial charge in [0.15, 0.2) is 0 Å². The molecule has 16 heavy (non-hydrogen) atoms. The zero-order valence-electron chi connectivity index (χ0n) is 10.4. The Labute approximate surface area is 97.8 Å². The lowest BCUT2D eigenvalue weighted by Gasteiger charge is -2.28. The molecule has 0 aromatic carbocycles. The maximum Gasteiger partial charge on any atom is 0.309 e. The topological polar surface area (TPSA) is 40.5 Å². The number of carboxylic acids is 1. The van der Waals surface area contributed by atoms with Gasteiger partial charge in [-0.2, -0.15) is 0 Å². The van der Waals surface area contributed by atoms with Gasteiger partial charge in [0.2, 0.25) is 0 Å². The second-order valence-corrected chi connectivity index (χ2v) is 6.12. The van der Waals surface area contributed by atoms with Crippen LogP contribution < -0.4 is 0 Å². The van der Waals surface area contributed by atoms with Gasteiger partial charge in [-0.05, 0) is 58.4 Å². The Kier molecular flexibility index (Phi) is 3.24. The van der Waals surface area contributed by atoms with Crippen molar-refractivity contribution < 1.29 is 9.90 Å². The summed E-state index contributed by atoms with van der Waals surface area (Å²) in [6.07, 6.45) is 5.98. The molecule has 2 aliphatic rings. The Morgan fingerprint density at radius 3 is 2.69 bits per heavy atom. The first-order valence-electron chi connectivity index (χ1n) is 6.46. The van der Waals surface area contributed by atoms with Gasteiger partial charge in [-0.1, -0.05) is 0 Å². The van der Waals surface area contributed by atoms with E-state index in [2.05, 4.69) is 4.90 Å². The fourth-order valence-electron chi connectivity index (χ4n) is 3.13. The standard InChI is InChI=1S/C13H23NO2/c1-13(2,12(15)16)6-3-7-14-9-10-4-5-11(14)8-10/h10-11H,3-9H2,1-2H3,(H,15,16). The molecule has 0 spiro atoms. The smallest absolute Gasteiger partial charge is 0.309 e. The molecule has 0 aromatic heterocycles. The highest BCUT2D eigenvalue weighted by Gasteiger charge is 2.37. The van der Waals surface area contributed by atoms with Gasteiger partial charge >= 0.3 is 5.97 Å². The molecule has 1 N–H and O–H groups in total. The highest BCUT2D eigenvalue weighted by atomic mass is 16.4. The largest absolute Gasteiger partial charge is 0.481 e. The third-order valence-corrected chi connectivity index (χ3v) is 4.35. The third-order valence-electron chi connectivity index (χ3n) is 4.35. The second kappa shape index (κ2) is 4.36. The summed E-state index contributed by atoms with van der Waals surface area (Å²) in [6.45, 7) is 6.01. The fourth-order valence-corrected chi connectivity index (χ4v) is 3.13. The molecule has 1 aliphatic heterocycles. The number of likely N-dealkylation sites (tertiary alicyclic amines) is 1. The zero-order chi connectivity index (χ0) is 11.8. The summed E-state index contributed by atoms with van der Waals surface area (Å²) in [4.78, 5) is 13.5. The highest BCUT2D eigenvalue weighted by Crippen LogP contribution is 2.37. The number of fused-ring (bicyclic) bond motifs is 2. The maximum absolute atomic E-state index is 11.0. The van der Waals surface area contributed by atoms with Crippen molar-refractivity contribution in [3.8, 4) is 0 Å². The van der Waals surface area contributed by atoms with E-state index >= 15 is 0 Å². The van der Waals surface area contributed by atoms with Crippen molar-refractivity contribution >= 4 is 5.97 Å². The predicted octanol–water partition coefficient (Wildman–Crippen LogP) is 2.36. The van der Waals surface area contributed by atoms with E-state index in [0.29, 0.717) is 0 Å². The summed E-state index contributed by atoms with van der Waals surface area (Å²) >= 11 is 0. The number of hydrogen-bond acceptors (Lipinski definition) is 2. The number of carbonyl (C=O) groups is 1. The number of piperidine rings is 1. The number of hydrogen-bond donors (Lipinski definition) is 1. The van der Waals surface area contributed by atoms with Gasteiger partial charge in [0.1, 0.15) is 0 Å². The van der Waals surface area contributed by atoms with Crippen molar-refractivity contribution in [1.82, 2.24) is 4.90 Å². The SMILES string of the molecule is CC(C)(CCCN1CC2CCC1C2)C(=O)O. The fraction of sp³-hybridized carbons (Fsp3) is 0.923. The minimum atomic E-state index is -0.671. The van der Waals surface area contributed by atoms with Crippen LogP contribution in [0.15, 0.2) is 0 Å². The average Bonchev–Trinajstić information content (AvgIpc) is 2.78. The van der Waals surface area contributed by atoms with Crippen LogP contribution in [0.4, 0.5) is 0 Å². The first-order valence-corrected chi connectivity index (χ1v) is 6.46. The summed E-state index contributed by atoms with van der Waals surface area (Å²) < 4.78 is 0. The van der Waals surface area contributed by atoms with E-state index < -0.39 is 11.4 Å². The molecule has 2 rings (SSSR count). The molecule has 1 saturated carbocycles. The third kappa shape index (κ3) is 2.40. The van der Waals surface area contributed by atoms with Crippen LogP contribution in [-0.4, -0.2) is 35.1 Å².